The minimum Gasteiger partial charge on any atom is -0.758 e. The maximum absolute atomic E-state index is 13.3. The molecule has 0 N–H and O–H groups in total. The van der Waals surface area contributed by atoms with Crippen LogP contribution in [0.4, 0.5) is 10.1 Å². The highest BCUT2D eigenvalue weighted by atomic mass is 35.5. The van der Waals surface area contributed by atoms with Gasteiger partial charge < -0.3 is 10.3 Å². The Hall–Kier alpha value is -1.56. The Morgan fingerprint density at radius 1 is 1.25 bits per heavy atom. The van der Waals surface area contributed by atoms with Crippen LogP contribution in [0.1, 0.15) is 15.9 Å². The van der Waals surface area contributed by atoms with Crippen LogP contribution in [0.15, 0.2) is 46.2 Å². The van der Waals surface area contributed by atoms with Gasteiger partial charge in [0.1, 0.15) is 5.82 Å². The third kappa shape index (κ3) is 2.40. The highest BCUT2D eigenvalue weighted by molar-refractivity contribution is 7.99. The Morgan fingerprint density at radius 2 is 2.00 bits per heavy atom. The van der Waals surface area contributed by atoms with Crippen LogP contribution >= 0.6 is 23.4 Å². The van der Waals surface area contributed by atoms with E-state index in [0.29, 0.717) is 16.1 Å². The summed E-state index contributed by atoms with van der Waals surface area (Å²) in [7, 11) is 0. The summed E-state index contributed by atoms with van der Waals surface area (Å²) < 4.78 is 13.3. The third-order valence-electron chi connectivity index (χ3n) is 3.01. The van der Waals surface area contributed by atoms with Crippen LogP contribution in [-0.2, 0) is 6.54 Å². The quantitative estimate of drug-likeness (QED) is 0.741. The number of anilines is 1. The van der Waals surface area contributed by atoms with E-state index in [1.54, 1.807) is 18.2 Å². The normalized spacial score (nSPS) is 13.4. The zero-order valence-electron chi connectivity index (χ0n) is 10.1. The van der Waals surface area contributed by atoms with E-state index in [0.717, 1.165) is 9.96 Å². The van der Waals surface area contributed by atoms with Crippen LogP contribution in [0.2, 0.25) is 0 Å². The molecule has 1 aliphatic rings. The average Bonchev–Trinajstić information content (AvgIpc) is 2.54. The minimum atomic E-state index is -0.612. The van der Waals surface area contributed by atoms with Crippen molar-refractivity contribution in [1.29, 1.82) is 0 Å². The summed E-state index contributed by atoms with van der Waals surface area (Å²) in [5.41, 5.74) is 1.27. The Labute approximate surface area is 123 Å². The van der Waals surface area contributed by atoms with Gasteiger partial charge in [0.15, 0.2) is 0 Å². The lowest BCUT2D eigenvalue weighted by Gasteiger charge is -2.30. The predicted molar refractivity (Wildman–Crippen MR) is 76.7 cm³/mol. The molecule has 2 aromatic carbocycles. The molecule has 0 radical (unpaired) electrons. The molecule has 6 heteroatoms. The highest BCUT2D eigenvalue weighted by Crippen LogP contribution is 2.41. The molecule has 0 aliphatic carbocycles. The van der Waals surface area contributed by atoms with Crippen molar-refractivity contribution in [3.8, 4) is 0 Å². The average molecular weight is 309 g/mol. The van der Waals surface area contributed by atoms with Crippen molar-refractivity contribution in [3.05, 3.63) is 58.5 Å². The van der Waals surface area contributed by atoms with Crippen LogP contribution in [0.25, 0.3) is 0 Å². The van der Waals surface area contributed by atoms with Gasteiger partial charge in [-0.1, -0.05) is 11.8 Å². The van der Waals surface area contributed by atoms with E-state index in [-0.39, 0.29) is 17.9 Å². The molecular weight excluding hydrogens is 301 g/mol. The standard InChI is InChI=1S/C14H8ClFNO2S/c15-14(18)8-1-3-13-11(6-8)17(19)7-9-5-10(16)2-4-12(9)20-13/h1-6H,7H2/q-1. The molecule has 0 saturated carbocycles. The van der Waals surface area contributed by atoms with E-state index in [1.165, 1.54) is 30.0 Å². The van der Waals surface area contributed by atoms with Crippen LogP contribution in [0, 0.1) is 11.0 Å². The second-order valence-corrected chi connectivity index (χ2v) is 5.77. The van der Waals surface area contributed by atoms with Crippen LogP contribution in [-0.4, -0.2) is 5.24 Å². The maximum Gasteiger partial charge on any atom is 0.252 e. The Bertz CT molecular complexity index is 708. The number of nitrogens with zero attached hydrogens (tertiary/aromatic N) is 1. The molecule has 1 aliphatic heterocycles. The minimum absolute atomic E-state index is 0.0347. The van der Waals surface area contributed by atoms with Gasteiger partial charge in [-0.3, -0.25) is 4.79 Å². The molecule has 0 bridgehead atoms. The molecule has 3 rings (SSSR count). The van der Waals surface area contributed by atoms with Gasteiger partial charge in [0.05, 0.1) is 0 Å². The number of benzene rings is 2. The van der Waals surface area contributed by atoms with Gasteiger partial charge >= 0.3 is 0 Å². The molecule has 1 heterocycles. The fraction of sp³-hybridized carbons (Fsp3) is 0.0714. The van der Waals surface area contributed by atoms with Crippen molar-refractivity contribution < 1.29 is 9.18 Å². The molecule has 0 amide bonds. The third-order valence-corrected chi connectivity index (χ3v) is 4.41. The van der Waals surface area contributed by atoms with Gasteiger partial charge in [-0.15, -0.1) is 0 Å². The smallest absolute Gasteiger partial charge is 0.252 e. The van der Waals surface area contributed by atoms with Gasteiger partial charge in [0, 0.05) is 27.6 Å². The SMILES string of the molecule is O=C(Cl)c1ccc2c(c1)N([O-])Cc1cc(F)ccc1S2. The van der Waals surface area contributed by atoms with Gasteiger partial charge in [-0.2, -0.15) is 0 Å². The number of carbonyl (C=O) groups excluding carboxylic acids is 1. The summed E-state index contributed by atoms with van der Waals surface area (Å²) >= 11 is 6.80. The maximum atomic E-state index is 13.3. The number of hydrogen-bond donors (Lipinski definition) is 0. The fourth-order valence-electron chi connectivity index (χ4n) is 2.05. The first-order valence-corrected chi connectivity index (χ1v) is 6.99. The second kappa shape index (κ2) is 5.09. The number of fused-ring (bicyclic) bond motifs is 2. The highest BCUT2D eigenvalue weighted by Gasteiger charge is 2.17. The van der Waals surface area contributed by atoms with Crippen molar-refractivity contribution in [2.75, 3.05) is 5.06 Å². The predicted octanol–water partition coefficient (Wildman–Crippen LogP) is 4.17. The van der Waals surface area contributed by atoms with Crippen LogP contribution in [0.5, 0.6) is 0 Å². The largest absolute Gasteiger partial charge is 0.758 e. The number of hydrogen-bond acceptors (Lipinski definition) is 4. The zero-order chi connectivity index (χ0) is 14.3. The summed E-state index contributed by atoms with van der Waals surface area (Å²) in [5.74, 6) is -0.375. The fourth-order valence-corrected chi connectivity index (χ4v) is 3.20. The van der Waals surface area contributed by atoms with Crippen molar-refractivity contribution in [3.63, 3.8) is 0 Å². The lowest BCUT2D eigenvalue weighted by atomic mass is 10.2. The van der Waals surface area contributed by atoms with E-state index >= 15 is 0 Å². The summed E-state index contributed by atoms with van der Waals surface area (Å²) in [6, 6.07) is 9.09. The monoisotopic (exact) mass is 308 g/mol. The topological polar surface area (TPSA) is 43.4 Å². The molecule has 0 atom stereocenters. The van der Waals surface area contributed by atoms with Crippen molar-refractivity contribution in [2.24, 2.45) is 0 Å². The number of rotatable bonds is 1. The molecule has 0 fully saturated rings. The molecule has 2 aromatic rings. The van der Waals surface area contributed by atoms with E-state index in [1.807, 2.05) is 0 Å². The summed E-state index contributed by atoms with van der Waals surface area (Å²) in [4.78, 5) is 12.7. The first kappa shape index (κ1) is 13.4. The summed E-state index contributed by atoms with van der Waals surface area (Å²) in [6.07, 6.45) is 0. The Morgan fingerprint density at radius 3 is 2.75 bits per heavy atom. The van der Waals surface area contributed by atoms with Crippen molar-refractivity contribution in [1.82, 2.24) is 0 Å². The van der Waals surface area contributed by atoms with Gasteiger partial charge in [-0.05, 0) is 53.6 Å². The molecule has 0 saturated heterocycles. The summed E-state index contributed by atoms with van der Waals surface area (Å²) in [6.45, 7) is 0.0347. The lowest BCUT2D eigenvalue weighted by Crippen LogP contribution is -2.14. The zero-order valence-corrected chi connectivity index (χ0v) is 11.7. The molecule has 0 aromatic heterocycles. The van der Waals surface area contributed by atoms with Crippen LogP contribution in [0.3, 0.4) is 0 Å². The molecule has 102 valence electrons. The van der Waals surface area contributed by atoms with Crippen molar-refractivity contribution in [2.45, 2.75) is 16.3 Å². The Kier molecular flexibility index (Phi) is 3.41. The number of carbonyl (C=O) groups is 1. The molecule has 3 nitrogen and oxygen atoms in total. The van der Waals surface area contributed by atoms with E-state index in [4.69, 9.17) is 11.6 Å². The number of hydroxylamine groups is 1. The second-order valence-electron chi connectivity index (χ2n) is 4.35. The van der Waals surface area contributed by atoms with Gasteiger partial charge in [0.25, 0.3) is 5.24 Å². The van der Waals surface area contributed by atoms with Crippen LogP contribution < -0.4 is 5.06 Å². The summed E-state index contributed by atoms with van der Waals surface area (Å²) in [5, 5.41) is 12.3. The van der Waals surface area contributed by atoms with Crippen molar-refractivity contribution >= 4 is 34.3 Å². The molecular formula is C14H8ClFNO2S-. The molecule has 0 unspecified atom stereocenters. The van der Waals surface area contributed by atoms with E-state index in [9.17, 15) is 14.4 Å². The van der Waals surface area contributed by atoms with Gasteiger partial charge in [0.2, 0.25) is 0 Å². The van der Waals surface area contributed by atoms with E-state index < -0.39 is 5.24 Å². The first-order chi connectivity index (χ1) is 9.54. The molecule has 20 heavy (non-hydrogen) atoms. The van der Waals surface area contributed by atoms with E-state index in [2.05, 4.69) is 0 Å². The molecule has 0 spiro atoms. The lowest BCUT2D eigenvalue weighted by molar-refractivity contribution is 0.108. The van der Waals surface area contributed by atoms with Gasteiger partial charge in [-0.25, -0.2) is 4.39 Å². The number of halogens is 2. The first-order valence-electron chi connectivity index (χ1n) is 5.79. The Balaban J connectivity index is 2.10.